The molecule has 1 unspecified atom stereocenters. The summed E-state index contributed by atoms with van der Waals surface area (Å²) in [7, 11) is 6.02. The first kappa shape index (κ1) is 42.4. The zero-order valence-electron chi connectivity index (χ0n) is 32.2. The number of rotatable bonds is 8. The molecule has 0 radical (unpaired) electrons. The van der Waals surface area contributed by atoms with E-state index in [4.69, 9.17) is 35.3 Å². The molecule has 3 aliphatic rings. The van der Waals surface area contributed by atoms with Gasteiger partial charge in [0, 0.05) is 44.7 Å². The van der Waals surface area contributed by atoms with Crippen molar-refractivity contribution in [2.45, 2.75) is 120 Å². The van der Waals surface area contributed by atoms with Gasteiger partial charge in [-0.05, 0) is 51.3 Å². The lowest BCUT2D eigenvalue weighted by molar-refractivity contribution is -0.162. The number of ether oxygens (including phenoxy) is 5. The number of esters is 1. The highest BCUT2D eigenvalue weighted by atomic mass is 35.5. The summed E-state index contributed by atoms with van der Waals surface area (Å²) in [6.45, 7) is 10.8. The van der Waals surface area contributed by atoms with Crippen LogP contribution in [0.25, 0.3) is 0 Å². The number of thiol groups is 1. The van der Waals surface area contributed by atoms with E-state index in [9.17, 15) is 24.3 Å². The van der Waals surface area contributed by atoms with Crippen LogP contribution in [-0.2, 0) is 39.8 Å². The number of allylic oxidation sites excluding steroid dienone is 3. The van der Waals surface area contributed by atoms with Crippen molar-refractivity contribution in [1.82, 2.24) is 10.2 Å². The van der Waals surface area contributed by atoms with Crippen LogP contribution in [0.3, 0.4) is 0 Å². The van der Waals surface area contributed by atoms with E-state index < -0.39 is 65.7 Å². The third-order valence-electron chi connectivity index (χ3n) is 10.5. The Kier molecular flexibility index (Phi) is 13.3. The number of fused-ring (bicyclic) bond motifs is 5. The fourth-order valence-electron chi connectivity index (χ4n) is 6.81. The van der Waals surface area contributed by atoms with E-state index in [0.717, 1.165) is 11.1 Å². The van der Waals surface area contributed by atoms with Gasteiger partial charge in [-0.15, -0.1) is 0 Å². The number of hydrogen-bond donors (Lipinski definition) is 3. The molecule has 0 spiro atoms. The zero-order chi connectivity index (χ0) is 39.6. The molecule has 3 aliphatic heterocycles. The van der Waals surface area contributed by atoms with Crippen molar-refractivity contribution >= 4 is 53.8 Å². The molecule has 294 valence electrons. The number of nitrogens with zero attached hydrogens (tertiary/aromatic N) is 2. The largest absolute Gasteiger partial charge is 0.495 e. The van der Waals surface area contributed by atoms with Crippen LogP contribution >= 0.6 is 24.2 Å². The van der Waals surface area contributed by atoms with Gasteiger partial charge in [0.25, 0.3) is 0 Å². The molecule has 1 aromatic carbocycles. The Morgan fingerprint density at radius 1 is 1.26 bits per heavy atom. The first-order valence-corrected chi connectivity index (χ1v) is 18.5. The minimum Gasteiger partial charge on any atom is -0.495 e. The minimum absolute atomic E-state index is 0.0509. The maximum atomic E-state index is 14.1. The third-order valence-corrected chi connectivity index (χ3v) is 11.1. The number of methoxy groups -OCH3 is 2. The van der Waals surface area contributed by atoms with Crippen molar-refractivity contribution in [3.63, 3.8) is 0 Å². The number of carbonyl (C=O) groups excluding carboxylic acids is 4. The normalized spacial score (nSPS) is 31.5. The molecule has 2 saturated heterocycles. The number of hydrogen-bond acceptors (Lipinski definition) is 11. The van der Waals surface area contributed by atoms with Gasteiger partial charge in [0.1, 0.15) is 40.7 Å². The van der Waals surface area contributed by atoms with Gasteiger partial charge in [-0.25, -0.2) is 9.59 Å². The van der Waals surface area contributed by atoms with E-state index in [0.29, 0.717) is 24.3 Å². The molecular weight excluding hydrogens is 726 g/mol. The van der Waals surface area contributed by atoms with E-state index in [1.165, 1.54) is 31.1 Å². The zero-order valence-corrected chi connectivity index (χ0v) is 33.9. The number of likely N-dealkylation sites (N-methyl/N-ethyl adjacent to an activating group) is 1. The van der Waals surface area contributed by atoms with Crippen LogP contribution in [0.4, 0.5) is 10.5 Å². The lowest BCUT2D eigenvalue weighted by Crippen LogP contribution is -2.63. The van der Waals surface area contributed by atoms with Gasteiger partial charge >= 0.3 is 12.1 Å². The summed E-state index contributed by atoms with van der Waals surface area (Å²) in [4.78, 5) is 56.5. The van der Waals surface area contributed by atoms with E-state index in [-0.39, 0.29) is 34.9 Å². The average Bonchev–Trinajstić information content (AvgIpc) is 3.78. The van der Waals surface area contributed by atoms with Crippen LogP contribution in [-0.4, -0.2) is 109 Å². The summed E-state index contributed by atoms with van der Waals surface area (Å²) in [6, 6.07) is 2.60. The predicted octanol–water partition coefficient (Wildman–Crippen LogP) is 5.00. The molecule has 8 atom stereocenters. The van der Waals surface area contributed by atoms with Crippen molar-refractivity contribution in [2.75, 3.05) is 33.2 Å². The Morgan fingerprint density at radius 3 is 2.57 bits per heavy atom. The lowest BCUT2D eigenvalue weighted by atomic mass is 9.83. The number of carbonyl (C=O) groups is 4. The molecule has 0 aromatic heterocycles. The Balaban J connectivity index is 1.74. The second-order valence-electron chi connectivity index (χ2n) is 15.2. The fourth-order valence-corrected chi connectivity index (χ4v) is 7.23. The van der Waals surface area contributed by atoms with Crippen molar-refractivity contribution in [3.8, 4) is 5.75 Å². The lowest BCUT2D eigenvalue weighted by Gasteiger charge is -2.42. The molecule has 3 amide bonds. The highest BCUT2D eigenvalue weighted by Gasteiger charge is 2.64. The highest BCUT2D eigenvalue weighted by Crippen LogP contribution is 2.49. The standard InChI is InChI=1S/C38H54ClN3O10S/c1-21-12-11-13-28(49-10)38(47)20-27(50-35(46)40-38)22(2)33-37(6,52-33)29(51-34(45)23(3)41(7)30(43)14-15-36(4,5)53)19-31(44)42(8)25-17-24(16-21)18-26(48-9)32(25)39/h11-13,17-18,22-23,27-29,33,47,53H,14-16,19-20H2,1-10H3,(H,40,46)/b13-11+,21-12+/t22?,23-,27-,28+,29-,33-,37-,38-/m0/s1. The molecule has 4 bridgehead atoms. The highest BCUT2D eigenvalue weighted by molar-refractivity contribution is 7.81. The van der Waals surface area contributed by atoms with Gasteiger partial charge in [-0.3, -0.25) is 14.9 Å². The predicted molar refractivity (Wildman–Crippen MR) is 203 cm³/mol. The van der Waals surface area contributed by atoms with Gasteiger partial charge in [0.05, 0.1) is 25.3 Å². The number of benzene rings is 1. The number of anilines is 1. The molecular formula is C38H54ClN3O10S. The van der Waals surface area contributed by atoms with E-state index in [1.807, 2.05) is 26.8 Å². The number of alkyl carbamates (subject to hydrolysis) is 1. The summed E-state index contributed by atoms with van der Waals surface area (Å²) in [6.07, 6.45) is 1.61. The maximum Gasteiger partial charge on any atom is 0.409 e. The molecule has 13 nitrogen and oxygen atoms in total. The molecule has 53 heavy (non-hydrogen) atoms. The molecule has 2 N–H and O–H groups in total. The Labute approximate surface area is 322 Å². The number of aliphatic hydroxyl groups is 1. The first-order chi connectivity index (χ1) is 24.6. The third kappa shape index (κ3) is 9.88. The Hall–Kier alpha value is -3.30. The second kappa shape index (κ2) is 16.6. The van der Waals surface area contributed by atoms with Crippen LogP contribution in [0.15, 0.2) is 35.9 Å². The average molecular weight is 780 g/mol. The fraction of sp³-hybridized carbons (Fsp3) is 0.632. The Bertz CT molecular complexity index is 1630. The summed E-state index contributed by atoms with van der Waals surface area (Å²) in [5.74, 6) is -1.58. The SMILES string of the molecule is COc1cc2cc(c1Cl)N(C)C(=O)C[C@H](OC(=O)[C@H](C)N(C)C(=O)CCC(C)(C)S)[C@]1(C)O[C@H]1C(C)[C@@H]1C[C@@](O)(NC(=O)O1)[C@H](OC)/C=C/C=C(\C)C2. The molecule has 4 rings (SSSR count). The number of halogens is 1. The van der Waals surface area contributed by atoms with E-state index >= 15 is 0 Å². The van der Waals surface area contributed by atoms with Crippen molar-refractivity contribution in [1.29, 1.82) is 0 Å². The summed E-state index contributed by atoms with van der Waals surface area (Å²) < 4.78 is 28.8. The Morgan fingerprint density at radius 2 is 1.94 bits per heavy atom. The van der Waals surface area contributed by atoms with Crippen LogP contribution in [0, 0.1) is 5.92 Å². The van der Waals surface area contributed by atoms with E-state index in [2.05, 4.69) is 17.9 Å². The molecule has 1 aromatic rings. The van der Waals surface area contributed by atoms with Crippen LogP contribution in [0.5, 0.6) is 5.75 Å². The van der Waals surface area contributed by atoms with Crippen molar-refractivity contribution < 1.29 is 48.0 Å². The van der Waals surface area contributed by atoms with E-state index in [1.54, 1.807) is 52.1 Å². The van der Waals surface area contributed by atoms with Crippen LogP contribution in [0.1, 0.15) is 72.8 Å². The van der Waals surface area contributed by atoms with Gasteiger partial charge in [-0.1, -0.05) is 56.2 Å². The van der Waals surface area contributed by atoms with Crippen molar-refractivity contribution in [2.24, 2.45) is 5.92 Å². The van der Waals surface area contributed by atoms with Gasteiger partial charge in [0.15, 0.2) is 5.72 Å². The summed E-state index contributed by atoms with van der Waals surface area (Å²) >= 11 is 11.3. The maximum absolute atomic E-state index is 14.1. The second-order valence-corrected chi connectivity index (χ2v) is 16.8. The van der Waals surface area contributed by atoms with Gasteiger partial charge in [0.2, 0.25) is 11.8 Å². The number of amides is 3. The first-order valence-electron chi connectivity index (χ1n) is 17.7. The number of nitrogens with one attached hydrogen (secondary N) is 1. The summed E-state index contributed by atoms with van der Waals surface area (Å²) in [5.41, 5.74) is -0.916. The number of epoxide rings is 1. The smallest absolute Gasteiger partial charge is 0.409 e. The molecule has 15 heteroatoms. The molecule has 0 saturated carbocycles. The molecule has 2 fully saturated rings. The minimum atomic E-state index is -1.83. The quantitative estimate of drug-likeness (QED) is 0.187. The molecule has 0 aliphatic carbocycles. The molecule has 3 heterocycles. The van der Waals surface area contributed by atoms with Gasteiger partial charge < -0.3 is 38.6 Å². The van der Waals surface area contributed by atoms with Crippen LogP contribution in [0.2, 0.25) is 5.02 Å². The van der Waals surface area contributed by atoms with Crippen LogP contribution < -0.4 is 15.0 Å². The van der Waals surface area contributed by atoms with Crippen molar-refractivity contribution in [3.05, 3.63) is 46.5 Å². The topological polar surface area (TPSA) is 156 Å². The monoisotopic (exact) mass is 779 g/mol. The summed E-state index contributed by atoms with van der Waals surface area (Å²) in [5, 5.41) is 14.5. The van der Waals surface area contributed by atoms with Gasteiger partial charge in [-0.2, -0.15) is 12.6 Å².